The predicted octanol–water partition coefficient (Wildman–Crippen LogP) is 1.39. The zero-order chi connectivity index (χ0) is 21.3. The molecule has 0 bridgehead atoms. The average molecular weight is 413 g/mol. The minimum atomic E-state index is -0.337. The highest BCUT2D eigenvalue weighted by Crippen LogP contribution is 2.29. The molecule has 7 nitrogen and oxygen atoms in total. The molecule has 0 aromatic heterocycles. The minimum Gasteiger partial charge on any atom is -0.306 e. The van der Waals surface area contributed by atoms with E-state index in [1.165, 1.54) is 37.1 Å². The van der Waals surface area contributed by atoms with Gasteiger partial charge in [0.1, 0.15) is 6.29 Å². The summed E-state index contributed by atoms with van der Waals surface area (Å²) in [5.41, 5.74) is 4.20. The van der Waals surface area contributed by atoms with Gasteiger partial charge in [-0.1, -0.05) is 6.07 Å². The Morgan fingerprint density at radius 1 is 1.13 bits per heavy atom. The molecule has 4 rings (SSSR count). The Labute approximate surface area is 178 Å². The number of fused-ring (bicyclic) bond motifs is 1. The summed E-state index contributed by atoms with van der Waals surface area (Å²) >= 11 is 0. The van der Waals surface area contributed by atoms with Crippen molar-refractivity contribution in [2.75, 3.05) is 33.7 Å². The summed E-state index contributed by atoms with van der Waals surface area (Å²) in [4.78, 5) is 42.2. The summed E-state index contributed by atoms with van der Waals surface area (Å²) in [6.45, 7) is 5.82. The van der Waals surface area contributed by atoms with E-state index in [-0.39, 0.29) is 17.9 Å². The van der Waals surface area contributed by atoms with E-state index < -0.39 is 0 Å². The van der Waals surface area contributed by atoms with Gasteiger partial charge in [0.15, 0.2) is 0 Å². The lowest BCUT2D eigenvalue weighted by Crippen LogP contribution is -2.51. The van der Waals surface area contributed by atoms with E-state index in [2.05, 4.69) is 28.2 Å². The van der Waals surface area contributed by atoms with Crippen LogP contribution in [0.15, 0.2) is 12.1 Å². The summed E-state index contributed by atoms with van der Waals surface area (Å²) in [6.07, 6.45) is 4.31. The van der Waals surface area contributed by atoms with Crippen molar-refractivity contribution < 1.29 is 14.4 Å². The van der Waals surface area contributed by atoms with Crippen LogP contribution in [0.1, 0.15) is 52.7 Å². The molecule has 2 amide bonds. The Hall–Kier alpha value is -2.09. The molecule has 0 spiro atoms. The van der Waals surface area contributed by atoms with Gasteiger partial charge in [-0.2, -0.15) is 0 Å². The van der Waals surface area contributed by atoms with Gasteiger partial charge in [0.2, 0.25) is 11.8 Å². The average Bonchev–Trinajstić information content (AvgIpc) is 3.10. The molecule has 30 heavy (non-hydrogen) atoms. The molecule has 2 saturated heterocycles. The Morgan fingerprint density at radius 2 is 1.83 bits per heavy atom. The number of rotatable bonds is 6. The van der Waals surface area contributed by atoms with Gasteiger partial charge in [0.25, 0.3) is 0 Å². The molecule has 7 heteroatoms. The zero-order valence-electron chi connectivity index (χ0n) is 18.0. The number of aldehydes is 1. The van der Waals surface area contributed by atoms with Crippen LogP contribution in [0.3, 0.4) is 0 Å². The lowest BCUT2D eigenvalue weighted by atomic mass is 9.97. The van der Waals surface area contributed by atoms with E-state index in [0.717, 1.165) is 37.4 Å². The van der Waals surface area contributed by atoms with Gasteiger partial charge in [0.05, 0.1) is 6.04 Å². The molecule has 0 radical (unpaired) electrons. The van der Waals surface area contributed by atoms with Gasteiger partial charge in [0, 0.05) is 38.2 Å². The Bertz CT molecular complexity index is 832. The fraction of sp³-hybridized carbons (Fsp3) is 0.609. The van der Waals surface area contributed by atoms with Gasteiger partial charge in [-0.25, -0.2) is 0 Å². The number of amides is 2. The van der Waals surface area contributed by atoms with E-state index in [0.29, 0.717) is 24.9 Å². The van der Waals surface area contributed by atoms with Crippen molar-refractivity contribution >= 4 is 18.1 Å². The SMILES string of the molecule is CN1CCC(CN2Cc3cc(C=O)c(CN(C)C4CCC(=O)NC4=O)cc3C2)CC1. The molecular weight excluding hydrogens is 380 g/mol. The quantitative estimate of drug-likeness (QED) is 0.562. The first-order chi connectivity index (χ1) is 14.4. The fourth-order valence-corrected chi connectivity index (χ4v) is 5.06. The smallest absolute Gasteiger partial charge is 0.243 e. The van der Waals surface area contributed by atoms with Crippen molar-refractivity contribution in [3.8, 4) is 0 Å². The zero-order valence-corrected chi connectivity index (χ0v) is 18.0. The van der Waals surface area contributed by atoms with E-state index in [9.17, 15) is 14.4 Å². The predicted molar refractivity (Wildman–Crippen MR) is 114 cm³/mol. The van der Waals surface area contributed by atoms with Crippen molar-refractivity contribution in [3.05, 3.63) is 34.4 Å². The maximum atomic E-state index is 12.2. The summed E-state index contributed by atoms with van der Waals surface area (Å²) in [7, 11) is 4.07. The maximum absolute atomic E-state index is 12.2. The van der Waals surface area contributed by atoms with E-state index >= 15 is 0 Å². The number of nitrogens with zero attached hydrogens (tertiary/aromatic N) is 3. The molecule has 3 aliphatic heterocycles. The van der Waals surface area contributed by atoms with Crippen LogP contribution in [-0.2, 0) is 29.2 Å². The number of hydrogen-bond acceptors (Lipinski definition) is 6. The van der Waals surface area contributed by atoms with Crippen LogP contribution in [0, 0.1) is 5.92 Å². The lowest BCUT2D eigenvalue weighted by Gasteiger charge is -2.31. The monoisotopic (exact) mass is 412 g/mol. The minimum absolute atomic E-state index is 0.208. The third kappa shape index (κ3) is 4.63. The molecule has 1 atom stereocenters. The number of carbonyl (C=O) groups excluding carboxylic acids is 3. The van der Waals surface area contributed by atoms with Crippen LogP contribution in [-0.4, -0.2) is 72.6 Å². The lowest BCUT2D eigenvalue weighted by molar-refractivity contribution is -0.137. The van der Waals surface area contributed by atoms with Crippen molar-refractivity contribution in [3.63, 3.8) is 0 Å². The molecule has 1 aromatic rings. The first-order valence-corrected chi connectivity index (χ1v) is 11.0. The third-order valence-electron chi connectivity index (χ3n) is 6.89. The standard InChI is InChI=1S/C23H32N4O3/c1-25-7-5-16(6-8-25)11-27-13-18-9-17(20(15-28)10-19(18)14-27)12-26(2)21-3-4-22(29)24-23(21)30/h9-10,15-16,21H,3-8,11-14H2,1-2H3,(H,24,29,30). The highest BCUT2D eigenvalue weighted by atomic mass is 16.2. The van der Waals surface area contributed by atoms with Crippen LogP contribution in [0.2, 0.25) is 0 Å². The van der Waals surface area contributed by atoms with Crippen LogP contribution >= 0.6 is 0 Å². The van der Waals surface area contributed by atoms with Gasteiger partial charge < -0.3 is 4.90 Å². The molecule has 3 heterocycles. The van der Waals surface area contributed by atoms with Crippen molar-refractivity contribution in [2.45, 2.75) is 51.4 Å². The van der Waals surface area contributed by atoms with Gasteiger partial charge >= 0.3 is 0 Å². The highest BCUT2D eigenvalue weighted by Gasteiger charge is 2.31. The van der Waals surface area contributed by atoms with Gasteiger partial charge in [-0.15, -0.1) is 0 Å². The highest BCUT2D eigenvalue weighted by molar-refractivity contribution is 6.00. The van der Waals surface area contributed by atoms with E-state index in [1.807, 2.05) is 18.0 Å². The number of likely N-dealkylation sites (N-methyl/N-ethyl adjacent to an activating group) is 1. The second kappa shape index (κ2) is 8.96. The van der Waals surface area contributed by atoms with Crippen molar-refractivity contribution in [2.24, 2.45) is 5.92 Å². The summed E-state index contributed by atoms with van der Waals surface area (Å²) in [6, 6.07) is 3.84. The number of hydrogen-bond donors (Lipinski definition) is 1. The summed E-state index contributed by atoms with van der Waals surface area (Å²) in [5.74, 6) is 0.298. The Morgan fingerprint density at radius 3 is 2.50 bits per heavy atom. The van der Waals surface area contributed by atoms with E-state index in [1.54, 1.807) is 0 Å². The topological polar surface area (TPSA) is 73.0 Å². The Kier molecular flexibility index (Phi) is 6.32. The van der Waals surface area contributed by atoms with E-state index in [4.69, 9.17) is 0 Å². The molecule has 1 aromatic carbocycles. The number of nitrogens with one attached hydrogen (secondary N) is 1. The van der Waals surface area contributed by atoms with Crippen molar-refractivity contribution in [1.82, 2.24) is 20.0 Å². The second-order valence-corrected chi connectivity index (χ2v) is 9.24. The number of carbonyl (C=O) groups is 3. The Balaban J connectivity index is 1.42. The summed E-state index contributed by atoms with van der Waals surface area (Å²) in [5, 5.41) is 2.41. The first kappa shape index (κ1) is 21.2. The van der Waals surface area contributed by atoms with Crippen LogP contribution in [0.4, 0.5) is 0 Å². The summed E-state index contributed by atoms with van der Waals surface area (Å²) < 4.78 is 0. The molecule has 1 N–H and O–H groups in total. The largest absolute Gasteiger partial charge is 0.306 e. The molecule has 162 valence electrons. The molecule has 2 fully saturated rings. The van der Waals surface area contributed by atoms with Gasteiger partial charge in [-0.05, 0) is 75.1 Å². The number of likely N-dealkylation sites (tertiary alicyclic amines) is 1. The second-order valence-electron chi connectivity index (χ2n) is 9.24. The normalized spacial score (nSPS) is 23.6. The number of benzene rings is 1. The number of piperidine rings is 2. The van der Waals surface area contributed by atoms with Crippen LogP contribution in [0.5, 0.6) is 0 Å². The maximum Gasteiger partial charge on any atom is 0.243 e. The molecule has 0 aliphatic carbocycles. The van der Waals surface area contributed by atoms with Crippen molar-refractivity contribution in [1.29, 1.82) is 0 Å². The molecular formula is C23H32N4O3. The number of imide groups is 1. The third-order valence-corrected chi connectivity index (χ3v) is 6.89. The molecule has 1 unspecified atom stereocenters. The molecule has 0 saturated carbocycles. The first-order valence-electron chi connectivity index (χ1n) is 11.0. The van der Waals surface area contributed by atoms with Crippen LogP contribution < -0.4 is 5.32 Å². The fourth-order valence-electron chi connectivity index (χ4n) is 5.06. The molecule has 3 aliphatic rings. The van der Waals surface area contributed by atoms with Crippen LogP contribution in [0.25, 0.3) is 0 Å². The van der Waals surface area contributed by atoms with Gasteiger partial charge in [-0.3, -0.25) is 29.5 Å².